The monoisotopic (exact) mass is 471 g/mol. The standard InChI is InChI=1S/C27H29N5OS/c1-18-10-8-13-22(16-18)28-17-24-30-31-27(32(24)23-14-6-5-7-15-23)34-21(4)26(33)29-25-19(2)11-9-12-20(25)3/h5-16,21,28H,17H2,1-4H3,(H,29,33)/t21-/m0/s1. The van der Waals surface area contributed by atoms with Gasteiger partial charge in [0, 0.05) is 17.1 Å². The van der Waals surface area contributed by atoms with Crippen molar-refractivity contribution in [3.05, 3.63) is 95.3 Å². The molecule has 0 saturated carbocycles. The number of amides is 1. The highest BCUT2D eigenvalue weighted by atomic mass is 32.2. The minimum atomic E-state index is -0.358. The van der Waals surface area contributed by atoms with Crippen molar-refractivity contribution in [2.45, 2.75) is 44.6 Å². The first-order valence-corrected chi connectivity index (χ1v) is 12.1. The maximum atomic E-state index is 13.0. The molecule has 0 unspecified atom stereocenters. The fourth-order valence-corrected chi connectivity index (χ4v) is 4.60. The molecule has 1 heterocycles. The molecule has 4 rings (SSSR count). The fraction of sp³-hybridized carbons (Fsp3) is 0.222. The molecule has 7 heteroatoms. The van der Waals surface area contributed by atoms with Crippen LogP contribution in [-0.4, -0.2) is 25.9 Å². The van der Waals surface area contributed by atoms with Crippen LogP contribution in [0.15, 0.2) is 78.0 Å². The number of carbonyl (C=O) groups is 1. The van der Waals surface area contributed by atoms with Gasteiger partial charge >= 0.3 is 0 Å². The number of para-hydroxylation sites is 2. The van der Waals surface area contributed by atoms with Crippen LogP contribution in [0, 0.1) is 20.8 Å². The topological polar surface area (TPSA) is 71.8 Å². The third-order valence-electron chi connectivity index (χ3n) is 5.56. The van der Waals surface area contributed by atoms with Gasteiger partial charge in [0.05, 0.1) is 11.8 Å². The predicted octanol–water partition coefficient (Wildman–Crippen LogP) is 5.92. The first kappa shape index (κ1) is 23.6. The minimum absolute atomic E-state index is 0.0653. The highest BCUT2D eigenvalue weighted by molar-refractivity contribution is 8.00. The lowest BCUT2D eigenvalue weighted by Gasteiger charge is -2.16. The second-order valence-electron chi connectivity index (χ2n) is 8.31. The van der Waals surface area contributed by atoms with Crippen molar-refractivity contribution < 1.29 is 4.79 Å². The van der Waals surface area contributed by atoms with Crippen LogP contribution >= 0.6 is 11.8 Å². The second kappa shape index (κ2) is 10.6. The summed E-state index contributed by atoms with van der Waals surface area (Å²) >= 11 is 1.40. The molecule has 1 atom stereocenters. The molecule has 0 radical (unpaired) electrons. The summed E-state index contributed by atoms with van der Waals surface area (Å²) in [6, 6.07) is 24.2. The largest absolute Gasteiger partial charge is 0.378 e. The van der Waals surface area contributed by atoms with Crippen LogP contribution in [0.3, 0.4) is 0 Å². The van der Waals surface area contributed by atoms with Crippen LogP contribution in [0.5, 0.6) is 0 Å². The molecule has 34 heavy (non-hydrogen) atoms. The molecule has 6 nitrogen and oxygen atoms in total. The first-order valence-electron chi connectivity index (χ1n) is 11.3. The van der Waals surface area contributed by atoms with Crippen LogP contribution in [0.2, 0.25) is 0 Å². The van der Waals surface area contributed by atoms with E-state index in [-0.39, 0.29) is 11.2 Å². The number of benzene rings is 3. The summed E-state index contributed by atoms with van der Waals surface area (Å²) in [7, 11) is 0. The van der Waals surface area contributed by atoms with Gasteiger partial charge in [-0.3, -0.25) is 9.36 Å². The van der Waals surface area contributed by atoms with E-state index < -0.39 is 0 Å². The van der Waals surface area contributed by atoms with Crippen LogP contribution in [0.4, 0.5) is 11.4 Å². The predicted molar refractivity (Wildman–Crippen MR) is 140 cm³/mol. The lowest BCUT2D eigenvalue weighted by Crippen LogP contribution is -2.24. The van der Waals surface area contributed by atoms with Gasteiger partial charge in [-0.05, 0) is 68.7 Å². The molecule has 0 bridgehead atoms. The summed E-state index contributed by atoms with van der Waals surface area (Å²) in [5.74, 6) is 0.710. The van der Waals surface area contributed by atoms with Gasteiger partial charge < -0.3 is 10.6 Å². The lowest BCUT2D eigenvalue weighted by molar-refractivity contribution is -0.115. The van der Waals surface area contributed by atoms with Gasteiger partial charge in [0.25, 0.3) is 0 Å². The van der Waals surface area contributed by atoms with Gasteiger partial charge in [-0.2, -0.15) is 0 Å². The number of hydrogen-bond acceptors (Lipinski definition) is 5. The van der Waals surface area contributed by atoms with Crippen molar-refractivity contribution in [3.8, 4) is 5.69 Å². The zero-order chi connectivity index (χ0) is 24.1. The Balaban J connectivity index is 1.55. The molecule has 174 valence electrons. The Hall–Kier alpha value is -3.58. The van der Waals surface area contributed by atoms with E-state index >= 15 is 0 Å². The molecular weight excluding hydrogens is 442 g/mol. The molecule has 1 aromatic heterocycles. The van der Waals surface area contributed by atoms with Gasteiger partial charge in [-0.15, -0.1) is 10.2 Å². The second-order valence-corrected chi connectivity index (χ2v) is 9.62. The van der Waals surface area contributed by atoms with E-state index in [1.54, 1.807) is 0 Å². The summed E-state index contributed by atoms with van der Waals surface area (Å²) < 4.78 is 2.01. The zero-order valence-corrected chi connectivity index (χ0v) is 20.7. The smallest absolute Gasteiger partial charge is 0.237 e. The number of anilines is 2. The van der Waals surface area contributed by atoms with Crippen LogP contribution < -0.4 is 10.6 Å². The summed E-state index contributed by atoms with van der Waals surface area (Å²) in [5, 5.41) is 15.7. The number of aryl methyl sites for hydroxylation is 3. The van der Waals surface area contributed by atoms with Crippen molar-refractivity contribution in [2.75, 3.05) is 10.6 Å². The maximum Gasteiger partial charge on any atom is 0.237 e. The Kier molecular flexibility index (Phi) is 7.33. The SMILES string of the molecule is Cc1cccc(NCc2nnc(S[C@@H](C)C(=O)Nc3c(C)cccc3C)n2-c2ccccc2)c1. The van der Waals surface area contributed by atoms with E-state index in [2.05, 4.69) is 39.9 Å². The van der Waals surface area contributed by atoms with Crippen molar-refractivity contribution in [3.63, 3.8) is 0 Å². The Morgan fingerprint density at radius 1 is 0.941 bits per heavy atom. The van der Waals surface area contributed by atoms with Crippen molar-refractivity contribution in [2.24, 2.45) is 0 Å². The summed E-state index contributed by atoms with van der Waals surface area (Å²) in [5.41, 5.74) is 6.13. The molecule has 0 aliphatic heterocycles. The molecule has 0 saturated heterocycles. The van der Waals surface area contributed by atoms with Crippen molar-refractivity contribution in [1.82, 2.24) is 14.8 Å². The molecule has 2 N–H and O–H groups in total. The number of rotatable bonds is 8. The van der Waals surface area contributed by atoms with Crippen LogP contribution in [-0.2, 0) is 11.3 Å². The third kappa shape index (κ3) is 5.48. The van der Waals surface area contributed by atoms with Crippen molar-refractivity contribution in [1.29, 1.82) is 0 Å². The van der Waals surface area contributed by atoms with Gasteiger partial charge in [-0.1, -0.05) is 60.3 Å². The third-order valence-corrected chi connectivity index (χ3v) is 6.61. The Bertz CT molecular complexity index is 1270. The number of carbonyl (C=O) groups excluding carboxylic acids is 1. The number of hydrogen-bond donors (Lipinski definition) is 2. The number of nitrogens with zero attached hydrogens (tertiary/aromatic N) is 3. The molecule has 0 fully saturated rings. The van der Waals surface area contributed by atoms with E-state index in [1.807, 2.05) is 86.0 Å². The lowest BCUT2D eigenvalue weighted by atomic mass is 10.1. The average molecular weight is 472 g/mol. The molecule has 0 aliphatic rings. The highest BCUT2D eigenvalue weighted by Gasteiger charge is 2.22. The maximum absolute atomic E-state index is 13.0. The van der Waals surface area contributed by atoms with E-state index in [0.717, 1.165) is 34.0 Å². The normalized spacial score (nSPS) is 11.8. The molecule has 0 spiro atoms. The van der Waals surface area contributed by atoms with E-state index in [0.29, 0.717) is 11.7 Å². The van der Waals surface area contributed by atoms with Gasteiger partial charge in [0.1, 0.15) is 0 Å². The van der Waals surface area contributed by atoms with Crippen LogP contribution in [0.25, 0.3) is 5.69 Å². The quantitative estimate of drug-likeness (QED) is 0.312. The molecule has 4 aromatic rings. The zero-order valence-electron chi connectivity index (χ0n) is 19.9. The molecule has 1 amide bonds. The fourth-order valence-electron chi connectivity index (χ4n) is 3.71. The van der Waals surface area contributed by atoms with Crippen molar-refractivity contribution >= 4 is 29.0 Å². The van der Waals surface area contributed by atoms with Gasteiger partial charge in [0.2, 0.25) is 5.91 Å². The Morgan fingerprint density at radius 2 is 1.65 bits per heavy atom. The minimum Gasteiger partial charge on any atom is -0.378 e. The molecule has 3 aromatic carbocycles. The number of aromatic nitrogens is 3. The highest BCUT2D eigenvalue weighted by Crippen LogP contribution is 2.28. The van der Waals surface area contributed by atoms with Crippen LogP contribution in [0.1, 0.15) is 29.4 Å². The molecular formula is C27H29N5OS. The van der Waals surface area contributed by atoms with E-state index in [9.17, 15) is 4.79 Å². The summed E-state index contributed by atoms with van der Waals surface area (Å²) in [6.07, 6.45) is 0. The van der Waals surface area contributed by atoms with Gasteiger partial charge in [-0.25, -0.2) is 0 Å². The molecule has 0 aliphatic carbocycles. The summed E-state index contributed by atoms with van der Waals surface area (Å²) in [4.78, 5) is 13.0. The Morgan fingerprint density at radius 3 is 2.35 bits per heavy atom. The van der Waals surface area contributed by atoms with E-state index in [4.69, 9.17) is 0 Å². The Labute approximate surface area is 204 Å². The van der Waals surface area contributed by atoms with Gasteiger partial charge in [0.15, 0.2) is 11.0 Å². The van der Waals surface area contributed by atoms with E-state index in [1.165, 1.54) is 17.3 Å². The average Bonchev–Trinajstić information content (AvgIpc) is 3.23. The first-order chi connectivity index (χ1) is 16.4. The summed E-state index contributed by atoms with van der Waals surface area (Å²) in [6.45, 7) is 8.47. The number of thioether (sulfide) groups is 1. The number of nitrogens with one attached hydrogen (secondary N) is 2.